The minimum Gasteiger partial charge on any atom is -0.399 e. The average molecular weight is 241 g/mol. The van der Waals surface area contributed by atoms with Crippen LogP contribution in [-0.2, 0) is 11.8 Å². The molecule has 2 N–H and O–H groups in total. The third kappa shape index (κ3) is 3.06. The smallest absolute Gasteiger partial charge is 0.132 e. The van der Waals surface area contributed by atoms with E-state index in [-0.39, 0.29) is 5.41 Å². The first-order chi connectivity index (χ1) is 8.45. The van der Waals surface area contributed by atoms with E-state index >= 15 is 0 Å². The second-order valence-electron chi connectivity index (χ2n) is 5.53. The second kappa shape index (κ2) is 4.77. The Hall–Kier alpha value is -1.90. The van der Waals surface area contributed by atoms with Gasteiger partial charge in [0.2, 0.25) is 0 Å². The number of hydrogen-bond acceptors (Lipinski definition) is 3. The van der Waals surface area contributed by atoms with Gasteiger partial charge in [0, 0.05) is 29.4 Å². The monoisotopic (exact) mass is 241 g/mol. The number of nitrogens with two attached hydrogens (primary N) is 1. The van der Waals surface area contributed by atoms with Gasteiger partial charge in [0.25, 0.3) is 0 Å². The number of anilines is 1. The molecule has 18 heavy (non-hydrogen) atoms. The van der Waals surface area contributed by atoms with Crippen molar-refractivity contribution in [3.05, 3.63) is 53.6 Å². The lowest BCUT2D eigenvalue weighted by Gasteiger charge is -2.17. The first-order valence-corrected chi connectivity index (χ1v) is 6.12. The molecule has 0 saturated heterocycles. The van der Waals surface area contributed by atoms with Gasteiger partial charge in [-0.2, -0.15) is 0 Å². The molecule has 2 aromatic rings. The Labute approximate surface area is 108 Å². The number of hydrogen-bond donors (Lipinski definition) is 1. The molecule has 94 valence electrons. The lowest BCUT2D eigenvalue weighted by atomic mass is 9.92. The first-order valence-electron chi connectivity index (χ1n) is 6.12. The van der Waals surface area contributed by atoms with Crippen LogP contribution in [0, 0.1) is 0 Å². The Morgan fingerprint density at radius 3 is 2.61 bits per heavy atom. The highest BCUT2D eigenvalue weighted by Crippen LogP contribution is 2.20. The Bertz CT molecular complexity index is 541. The van der Waals surface area contributed by atoms with Gasteiger partial charge >= 0.3 is 0 Å². The van der Waals surface area contributed by atoms with Gasteiger partial charge in [-0.15, -0.1) is 0 Å². The number of benzene rings is 1. The van der Waals surface area contributed by atoms with Crippen molar-refractivity contribution in [3.8, 4) is 0 Å². The van der Waals surface area contributed by atoms with E-state index in [9.17, 15) is 0 Å². The summed E-state index contributed by atoms with van der Waals surface area (Å²) in [5.74, 6) is 0.841. The van der Waals surface area contributed by atoms with Crippen molar-refractivity contribution in [1.82, 2.24) is 9.97 Å². The summed E-state index contributed by atoms with van der Waals surface area (Å²) in [6, 6.07) is 9.83. The highest BCUT2D eigenvalue weighted by atomic mass is 14.9. The lowest BCUT2D eigenvalue weighted by Crippen LogP contribution is -2.15. The molecule has 3 heteroatoms. The van der Waals surface area contributed by atoms with Gasteiger partial charge in [-0.1, -0.05) is 32.9 Å². The molecule has 0 unspecified atom stereocenters. The van der Waals surface area contributed by atoms with Crippen LogP contribution in [0.25, 0.3) is 0 Å². The van der Waals surface area contributed by atoms with Gasteiger partial charge in [0.15, 0.2) is 0 Å². The third-order valence-corrected chi connectivity index (χ3v) is 2.79. The molecule has 0 saturated carbocycles. The maximum absolute atomic E-state index is 5.77. The number of nitrogen functional groups attached to an aromatic ring is 1. The van der Waals surface area contributed by atoms with Gasteiger partial charge in [-0.05, 0) is 23.8 Å². The van der Waals surface area contributed by atoms with E-state index in [2.05, 4.69) is 30.7 Å². The van der Waals surface area contributed by atoms with Crippen LogP contribution in [0.3, 0.4) is 0 Å². The summed E-state index contributed by atoms with van der Waals surface area (Å²) in [5, 5.41) is 0. The summed E-state index contributed by atoms with van der Waals surface area (Å²) in [7, 11) is 0. The normalized spacial score (nSPS) is 11.5. The zero-order valence-corrected chi connectivity index (χ0v) is 11.1. The van der Waals surface area contributed by atoms with Gasteiger partial charge in [-0.3, -0.25) is 0 Å². The van der Waals surface area contributed by atoms with Gasteiger partial charge in [0.05, 0.1) is 0 Å². The van der Waals surface area contributed by atoms with Crippen molar-refractivity contribution in [2.24, 2.45) is 0 Å². The second-order valence-corrected chi connectivity index (χ2v) is 5.53. The topological polar surface area (TPSA) is 51.8 Å². The molecule has 0 amide bonds. The summed E-state index contributed by atoms with van der Waals surface area (Å²) in [6.45, 7) is 6.46. The molecule has 1 aromatic carbocycles. The van der Waals surface area contributed by atoms with E-state index in [4.69, 9.17) is 5.73 Å². The number of aromatic nitrogens is 2. The molecule has 3 nitrogen and oxygen atoms in total. The minimum atomic E-state index is 0.0490. The van der Waals surface area contributed by atoms with Crippen LogP contribution in [0.5, 0.6) is 0 Å². The maximum atomic E-state index is 5.77. The third-order valence-electron chi connectivity index (χ3n) is 2.79. The molecule has 1 heterocycles. The SMILES string of the molecule is CC(C)(C)c1ccnc(Cc2cccc(N)c2)n1. The first kappa shape index (κ1) is 12.6. The van der Waals surface area contributed by atoms with E-state index in [1.165, 1.54) is 0 Å². The van der Waals surface area contributed by atoms with Crippen LogP contribution in [0.1, 0.15) is 37.9 Å². The van der Waals surface area contributed by atoms with Crippen LogP contribution in [0.15, 0.2) is 36.5 Å². The number of rotatable bonds is 2. The molecular formula is C15H19N3. The van der Waals surface area contributed by atoms with E-state index in [0.29, 0.717) is 0 Å². The van der Waals surface area contributed by atoms with E-state index in [0.717, 1.165) is 29.2 Å². The Balaban J connectivity index is 2.25. The van der Waals surface area contributed by atoms with Crippen molar-refractivity contribution in [2.45, 2.75) is 32.6 Å². The molecule has 0 spiro atoms. The van der Waals surface area contributed by atoms with Crippen molar-refractivity contribution in [2.75, 3.05) is 5.73 Å². The zero-order chi connectivity index (χ0) is 13.2. The van der Waals surface area contributed by atoms with Crippen molar-refractivity contribution in [3.63, 3.8) is 0 Å². The van der Waals surface area contributed by atoms with E-state index in [1.807, 2.05) is 36.5 Å². The van der Waals surface area contributed by atoms with Gasteiger partial charge in [-0.25, -0.2) is 9.97 Å². The van der Waals surface area contributed by atoms with Crippen LogP contribution in [0.2, 0.25) is 0 Å². The molecule has 0 radical (unpaired) electrons. The molecule has 0 fully saturated rings. The zero-order valence-electron chi connectivity index (χ0n) is 11.1. The molecule has 2 rings (SSSR count). The fourth-order valence-electron chi connectivity index (χ4n) is 1.79. The predicted octanol–water partition coefficient (Wildman–Crippen LogP) is 2.95. The minimum absolute atomic E-state index is 0.0490. The fraction of sp³-hybridized carbons (Fsp3) is 0.333. The summed E-state index contributed by atoms with van der Waals surface area (Å²) in [5.41, 5.74) is 8.80. The van der Waals surface area contributed by atoms with Gasteiger partial charge < -0.3 is 5.73 Å². The van der Waals surface area contributed by atoms with Crippen LogP contribution < -0.4 is 5.73 Å². The highest BCUT2D eigenvalue weighted by Gasteiger charge is 2.15. The summed E-state index contributed by atoms with van der Waals surface area (Å²) < 4.78 is 0. The maximum Gasteiger partial charge on any atom is 0.132 e. The predicted molar refractivity (Wildman–Crippen MR) is 74.4 cm³/mol. The molecule has 0 aliphatic rings. The summed E-state index contributed by atoms with van der Waals surface area (Å²) in [6.07, 6.45) is 2.55. The average Bonchev–Trinajstić information content (AvgIpc) is 2.28. The van der Waals surface area contributed by atoms with Crippen LogP contribution >= 0.6 is 0 Å². The molecule has 0 atom stereocenters. The quantitative estimate of drug-likeness (QED) is 0.822. The van der Waals surface area contributed by atoms with Crippen LogP contribution in [-0.4, -0.2) is 9.97 Å². The Morgan fingerprint density at radius 2 is 1.94 bits per heavy atom. The van der Waals surface area contributed by atoms with Crippen LogP contribution in [0.4, 0.5) is 5.69 Å². The van der Waals surface area contributed by atoms with E-state index < -0.39 is 0 Å². The van der Waals surface area contributed by atoms with Crippen molar-refractivity contribution in [1.29, 1.82) is 0 Å². The molecule has 0 bridgehead atoms. The van der Waals surface area contributed by atoms with E-state index in [1.54, 1.807) is 0 Å². The van der Waals surface area contributed by atoms with Crippen molar-refractivity contribution < 1.29 is 0 Å². The van der Waals surface area contributed by atoms with Gasteiger partial charge in [0.1, 0.15) is 5.82 Å². The Morgan fingerprint density at radius 1 is 1.17 bits per heavy atom. The largest absolute Gasteiger partial charge is 0.399 e. The Kier molecular flexibility index (Phi) is 3.32. The molecule has 1 aromatic heterocycles. The van der Waals surface area contributed by atoms with Crippen molar-refractivity contribution >= 4 is 5.69 Å². The summed E-state index contributed by atoms with van der Waals surface area (Å²) in [4.78, 5) is 8.94. The lowest BCUT2D eigenvalue weighted by molar-refractivity contribution is 0.563. The highest BCUT2D eigenvalue weighted by molar-refractivity contribution is 5.41. The molecular weight excluding hydrogens is 222 g/mol. The summed E-state index contributed by atoms with van der Waals surface area (Å²) >= 11 is 0. The molecule has 0 aliphatic carbocycles. The molecule has 0 aliphatic heterocycles. The standard InChI is InChI=1S/C15H19N3/c1-15(2,3)13-7-8-17-14(18-13)10-11-5-4-6-12(16)9-11/h4-9H,10,16H2,1-3H3. The number of nitrogens with zero attached hydrogens (tertiary/aromatic N) is 2. The fourth-order valence-corrected chi connectivity index (χ4v) is 1.79.